The number of aliphatic hydroxyl groups is 1. The molecule has 4 aliphatic heterocycles. The monoisotopic (exact) mass is 480 g/mol. The number of nitrogens with one attached hydrogen (secondary N) is 1. The molecule has 0 bridgehead atoms. The molecule has 0 unspecified atom stereocenters. The van der Waals surface area contributed by atoms with Crippen molar-refractivity contribution < 1.29 is 28.8 Å². The molecule has 8 nitrogen and oxygen atoms in total. The number of carbonyl (C=O) groups is 1. The van der Waals surface area contributed by atoms with Gasteiger partial charge < -0.3 is 35.1 Å². The van der Waals surface area contributed by atoms with Crippen LogP contribution in [0.25, 0.3) is 0 Å². The summed E-state index contributed by atoms with van der Waals surface area (Å²) in [5, 5.41) is 16.3. The molecule has 8 rings (SSSR count). The normalized spacial score (nSPS) is 51.9. The molecule has 0 radical (unpaired) electrons. The van der Waals surface area contributed by atoms with Crippen LogP contribution in [0.5, 0.6) is 0 Å². The largest absolute Gasteiger partial charge is 0.458 e. The van der Waals surface area contributed by atoms with Crippen molar-refractivity contribution in [1.29, 1.82) is 0 Å². The van der Waals surface area contributed by atoms with Crippen molar-refractivity contribution in [3.8, 4) is 0 Å². The second-order valence-corrected chi connectivity index (χ2v) is 12.2. The Labute approximate surface area is 204 Å². The van der Waals surface area contributed by atoms with Crippen LogP contribution in [-0.2, 0) is 23.7 Å². The number of ether oxygens (including phenoxy) is 4. The highest BCUT2D eigenvalue weighted by atomic mass is 16.7. The van der Waals surface area contributed by atoms with Crippen molar-refractivity contribution in [2.45, 2.75) is 80.7 Å². The maximum Gasteiger partial charge on any atom is 0.334 e. The predicted octanol–water partition coefficient (Wildman–Crippen LogP) is 2.17. The zero-order valence-electron chi connectivity index (χ0n) is 20.3. The first-order chi connectivity index (χ1) is 16.7. The van der Waals surface area contributed by atoms with Crippen LogP contribution in [0.2, 0.25) is 0 Å². The van der Waals surface area contributed by atoms with E-state index in [4.69, 9.17) is 24.7 Å². The molecule has 7 aliphatic rings. The van der Waals surface area contributed by atoms with E-state index in [0.29, 0.717) is 18.7 Å². The lowest BCUT2D eigenvalue weighted by Gasteiger charge is -2.56. The number of carbonyl (C=O) groups excluding carboxylic acids is 1. The van der Waals surface area contributed by atoms with Gasteiger partial charge in [-0.05, 0) is 54.9 Å². The maximum absolute atomic E-state index is 12.8. The number of rotatable bonds is 4. The van der Waals surface area contributed by atoms with Gasteiger partial charge in [0.05, 0.1) is 6.10 Å². The summed E-state index contributed by atoms with van der Waals surface area (Å²) in [6, 6.07) is 7.57. The minimum atomic E-state index is -1.30. The van der Waals surface area contributed by atoms with Gasteiger partial charge in [-0.25, -0.2) is 4.79 Å². The molecule has 2 spiro atoms. The Bertz CT molecular complexity index is 1230. The fraction of sp³-hybridized carbons (Fsp3) is 0.667. The van der Waals surface area contributed by atoms with Crippen LogP contribution in [0, 0.1) is 17.3 Å². The molecule has 9 atom stereocenters. The van der Waals surface area contributed by atoms with Gasteiger partial charge in [0.2, 0.25) is 0 Å². The van der Waals surface area contributed by atoms with Crippen LogP contribution in [-0.4, -0.2) is 64.9 Å². The lowest BCUT2D eigenvalue weighted by molar-refractivity contribution is -0.159. The Morgan fingerprint density at radius 3 is 2.80 bits per heavy atom. The lowest BCUT2D eigenvalue weighted by atomic mass is 9.44. The molecule has 2 saturated carbocycles. The Morgan fingerprint density at radius 2 is 2.03 bits per heavy atom. The quantitative estimate of drug-likeness (QED) is 0.341. The smallest absolute Gasteiger partial charge is 0.334 e. The summed E-state index contributed by atoms with van der Waals surface area (Å²) >= 11 is 0. The predicted molar refractivity (Wildman–Crippen MR) is 125 cm³/mol. The van der Waals surface area contributed by atoms with Crippen molar-refractivity contribution in [2.24, 2.45) is 17.3 Å². The molecule has 8 heteroatoms. The average molecular weight is 481 g/mol. The molecular weight excluding hydrogens is 448 g/mol. The third-order valence-corrected chi connectivity index (χ3v) is 10.8. The van der Waals surface area contributed by atoms with Gasteiger partial charge in [0.25, 0.3) is 0 Å². The second-order valence-electron chi connectivity index (χ2n) is 12.2. The first-order valence-corrected chi connectivity index (χ1v) is 12.9. The molecule has 1 aromatic carbocycles. The summed E-state index contributed by atoms with van der Waals surface area (Å²) in [4.78, 5) is 12.4. The van der Waals surface area contributed by atoms with E-state index in [0.717, 1.165) is 29.7 Å². The van der Waals surface area contributed by atoms with E-state index in [9.17, 15) is 9.90 Å². The van der Waals surface area contributed by atoms with Crippen LogP contribution in [0.1, 0.15) is 40.0 Å². The number of nitrogens with two attached hydrogens (primary N) is 1. The van der Waals surface area contributed by atoms with Gasteiger partial charge in [-0.15, -0.1) is 0 Å². The van der Waals surface area contributed by atoms with Gasteiger partial charge in [0.1, 0.15) is 35.6 Å². The molecule has 186 valence electrons. The van der Waals surface area contributed by atoms with Crippen LogP contribution >= 0.6 is 0 Å². The standard InChI is InChI=1S/C27H32N2O6/c1-13(2)25-20(34-25)21-27(35-21)23(3)8-7-16-17(11-32-22(16)30)18(23)10-19-26(27,33-19)24(25,31)12-29-15-6-4-5-14(28)9-15/h4-6,9,13,18-21,29,31H,7-8,10-12,28H2,1-3H3/t18-,19-,20-,21-,23-,24-,25-,26+,27+/m0/s1. The Morgan fingerprint density at radius 1 is 1.20 bits per heavy atom. The summed E-state index contributed by atoms with van der Waals surface area (Å²) in [7, 11) is 0. The molecule has 5 fully saturated rings. The number of epoxide rings is 3. The maximum atomic E-state index is 12.8. The minimum absolute atomic E-state index is 0.0774. The van der Waals surface area contributed by atoms with Crippen LogP contribution in [0.15, 0.2) is 35.4 Å². The summed E-state index contributed by atoms with van der Waals surface area (Å²) in [5.41, 5.74) is 5.67. The molecule has 3 saturated heterocycles. The molecule has 4 heterocycles. The number of fused-ring (bicyclic) bond motifs is 4. The zero-order chi connectivity index (χ0) is 24.2. The number of benzene rings is 1. The van der Waals surface area contributed by atoms with Gasteiger partial charge >= 0.3 is 5.97 Å². The van der Waals surface area contributed by atoms with Crippen LogP contribution in [0.3, 0.4) is 0 Å². The number of hydrogen-bond acceptors (Lipinski definition) is 8. The molecule has 3 aliphatic carbocycles. The topological polar surface area (TPSA) is 122 Å². The third kappa shape index (κ3) is 1.98. The van der Waals surface area contributed by atoms with Crippen LogP contribution in [0.4, 0.5) is 11.4 Å². The number of anilines is 2. The molecular formula is C27H32N2O6. The highest BCUT2D eigenvalue weighted by molar-refractivity contribution is 5.92. The second kappa shape index (κ2) is 5.88. The van der Waals surface area contributed by atoms with E-state index < -0.39 is 22.4 Å². The summed E-state index contributed by atoms with van der Waals surface area (Å²) < 4.78 is 25.4. The minimum Gasteiger partial charge on any atom is -0.458 e. The Kier molecular flexibility index (Phi) is 3.53. The molecule has 0 aromatic heterocycles. The van der Waals surface area contributed by atoms with Crippen molar-refractivity contribution in [3.05, 3.63) is 35.4 Å². The van der Waals surface area contributed by atoms with Crippen molar-refractivity contribution in [1.82, 2.24) is 0 Å². The summed E-state index contributed by atoms with van der Waals surface area (Å²) in [6.07, 6.45) is 1.78. The number of cyclic esters (lactones) is 1. The van der Waals surface area contributed by atoms with Gasteiger partial charge in [-0.3, -0.25) is 0 Å². The first-order valence-electron chi connectivity index (χ1n) is 12.9. The van der Waals surface area contributed by atoms with E-state index in [1.807, 2.05) is 24.3 Å². The fourth-order valence-electron chi connectivity index (χ4n) is 9.23. The van der Waals surface area contributed by atoms with Gasteiger partial charge in [-0.1, -0.05) is 26.8 Å². The van der Waals surface area contributed by atoms with E-state index in [1.54, 1.807) is 0 Å². The van der Waals surface area contributed by atoms with E-state index in [-0.39, 0.29) is 48.1 Å². The number of nitrogen functional groups attached to an aromatic ring is 1. The summed E-state index contributed by atoms with van der Waals surface area (Å²) in [5.74, 6) is 0.0468. The van der Waals surface area contributed by atoms with E-state index in [2.05, 4.69) is 26.1 Å². The molecule has 0 amide bonds. The van der Waals surface area contributed by atoms with Crippen molar-refractivity contribution >= 4 is 17.3 Å². The average Bonchev–Trinajstić information content (AvgIpc) is 3.71. The number of hydrogen-bond donors (Lipinski definition) is 3. The highest BCUT2D eigenvalue weighted by Crippen LogP contribution is 2.85. The Balaban J connectivity index is 1.25. The Hall–Kier alpha value is -2.13. The highest BCUT2D eigenvalue weighted by Gasteiger charge is 3.04. The fourth-order valence-corrected chi connectivity index (χ4v) is 9.23. The van der Waals surface area contributed by atoms with Gasteiger partial charge in [-0.2, -0.15) is 0 Å². The van der Waals surface area contributed by atoms with Crippen molar-refractivity contribution in [2.75, 3.05) is 24.2 Å². The SMILES string of the molecule is CC(C)[C@]12O[C@H]1[C@@H]1O[C@]13[C@]1(O[C@H]1C[C@H]1C4=C(CC[C@@]13C)C(=O)OC4)[C@]2(O)CNc1cccc(N)c1. The van der Waals surface area contributed by atoms with E-state index in [1.165, 1.54) is 0 Å². The molecule has 4 N–H and O–H groups in total. The first kappa shape index (κ1) is 21.0. The van der Waals surface area contributed by atoms with Crippen molar-refractivity contribution in [3.63, 3.8) is 0 Å². The molecule has 35 heavy (non-hydrogen) atoms. The lowest BCUT2D eigenvalue weighted by Crippen LogP contribution is -2.77. The van der Waals surface area contributed by atoms with Crippen LogP contribution < -0.4 is 11.1 Å². The van der Waals surface area contributed by atoms with Gasteiger partial charge in [0, 0.05) is 28.9 Å². The van der Waals surface area contributed by atoms with Gasteiger partial charge in [0.15, 0.2) is 5.60 Å². The zero-order valence-corrected chi connectivity index (χ0v) is 20.3. The third-order valence-electron chi connectivity index (χ3n) is 10.8. The van der Waals surface area contributed by atoms with E-state index >= 15 is 0 Å². The summed E-state index contributed by atoms with van der Waals surface area (Å²) in [6.45, 7) is 7.14. The number of esters is 1. The molecule has 1 aromatic rings.